The zero-order valence-corrected chi connectivity index (χ0v) is 17.8. The molecule has 1 atom stereocenters. The number of aryl methyl sites for hydroxylation is 1. The van der Waals surface area contributed by atoms with E-state index in [-0.39, 0.29) is 11.9 Å². The van der Waals surface area contributed by atoms with E-state index in [4.69, 9.17) is 16.3 Å². The highest BCUT2D eigenvalue weighted by Crippen LogP contribution is 2.30. The summed E-state index contributed by atoms with van der Waals surface area (Å²) < 4.78 is 5.88. The maximum Gasteiger partial charge on any atom is 0.264 e. The van der Waals surface area contributed by atoms with Crippen LogP contribution in [0, 0.1) is 6.92 Å². The number of amides is 1. The van der Waals surface area contributed by atoms with E-state index in [1.807, 2.05) is 47.5 Å². The van der Waals surface area contributed by atoms with Gasteiger partial charge in [0.05, 0.1) is 9.90 Å². The molecule has 1 fully saturated rings. The first kappa shape index (κ1) is 19.7. The van der Waals surface area contributed by atoms with Crippen molar-refractivity contribution in [1.29, 1.82) is 0 Å². The Labute approximate surface area is 178 Å². The Balaban J connectivity index is 1.46. The summed E-state index contributed by atoms with van der Waals surface area (Å²) in [5.41, 5.74) is 1.05. The molecule has 1 aromatic carbocycles. The summed E-state index contributed by atoms with van der Waals surface area (Å²) in [7, 11) is 0. The number of carbonyl (C=O) groups is 1. The number of thiophene rings is 1. The largest absolute Gasteiger partial charge is 0.437 e. The Hall–Kier alpha value is -2.64. The zero-order valence-electron chi connectivity index (χ0n) is 16.2. The molecule has 2 aromatic heterocycles. The van der Waals surface area contributed by atoms with Gasteiger partial charge >= 0.3 is 0 Å². The van der Waals surface area contributed by atoms with Gasteiger partial charge in [0, 0.05) is 31.7 Å². The molecule has 1 aliphatic rings. The van der Waals surface area contributed by atoms with Crippen LogP contribution in [0.25, 0.3) is 0 Å². The molecule has 1 amide bonds. The molecule has 0 aliphatic carbocycles. The average molecular weight is 429 g/mol. The Kier molecular flexibility index (Phi) is 5.69. The maximum atomic E-state index is 12.7. The highest BCUT2D eigenvalue weighted by molar-refractivity contribution is 7.12. The Morgan fingerprint density at radius 2 is 2.10 bits per heavy atom. The van der Waals surface area contributed by atoms with Gasteiger partial charge in [-0.05, 0) is 43.0 Å². The number of aromatic nitrogens is 2. The maximum absolute atomic E-state index is 12.7. The summed E-state index contributed by atoms with van der Waals surface area (Å²) in [5.74, 6) is 1.87. The first-order valence-corrected chi connectivity index (χ1v) is 10.6. The number of halogens is 1. The molecule has 4 rings (SSSR count). The molecule has 29 heavy (non-hydrogen) atoms. The van der Waals surface area contributed by atoms with Crippen molar-refractivity contribution in [3.05, 3.63) is 63.6 Å². The SMILES string of the molecule is Cc1ccc(Cl)c(Oc2cc(N3CCN(C(=O)c4cccs4)[C@H](C)C3)ncn2)c1. The average Bonchev–Trinajstić information content (AvgIpc) is 3.25. The third-order valence-electron chi connectivity index (χ3n) is 4.87. The van der Waals surface area contributed by atoms with Crippen molar-refractivity contribution in [1.82, 2.24) is 14.9 Å². The number of benzene rings is 1. The van der Waals surface area contributed by atoms with Gasteiger partial charge in [-0.25, -0.2) is 9.97 Å². The van der Waals surface area contributed by atoms with Crippen molar-refractivity contribution >= 4 is 34.7 Å². The number of hydrogen-bond acceptors (Lipinski definition) is 6. The molecular weight excluding hydrogens is 408 g/mol. The topological polar surface area (TPSA) is 58.6 Å². The molecule has 6 nitrogen and oxygen atoms in total. The zero-order chi connectivity index (χ0) is 20.4. The van der Waals surface area contributed by atoms with Crippen LogP contribution in [0.4, 0.5) is 5.82 Å². The molecule has 3 heterocycles. The summed E-state index contributed by atoms with van der Waals surface area (Å²) in [5, 5.41) is 2.46. The second-order valence-electron chi connectivity index (χ2n) is 7.02. The lowest BCUT2D eigenvalue weighted by Gasteiger charge is -2.40. The van der Waals surface area contributed by atoms with Gasteiger partial charge in [0.2, 0.25) is 5.88 Å². The first-order chi connectivity index (χ1) is 14.0. The molecule has 0 radical (unpaired) electrons. The van der Waals surface area contributed by atoms with Crippen LogP contribution in [0.3, 0.4) is 0 Å². The van der Waals surface area contributed by atoms with Crippen LogP contribution >= 0.6 is 22.9 Å². The molecule has 150 valence electrons. The van der Waals surface area contributed by atoms with Crippen molar-refractivity contribution in [2.75, 3.05) is 24.5 Å². The number of carbonyl (C=O) groups excluding carboxylic acids is 1. The predicted octanol–water partition coefficient (Wildman–Crippen LogP) is 4.64. The number of piperazine rings is 1. The molecule has 0 saturated carbocycles. The van der Waals surface area contributed by atoms with Crippen LogP contribution in [0.5, 0.6) is 11.6 Å². The van der Waals surface area contributed by atoms with Crippen LogP contribution in [0.2, 0.25) is 5.02 Å². The lowest BCUT2D eigenvalue weighted by Crippen LogP contribution is -2.54. The second-order valence-corrected chi connectivity index (χ2v) is 8.38. The van der Waals surface area contributed by atoms with E-state index in [1.165, 1.54) is 17.7 Å². The van der Waals surface area contributed by atoms with E-state index in [0.29, 0.717) is 36.3 Å². The van der Waals surface area contributed by atoms with Crippen LogP contribution in [0.15, 0.2) is 48.1 Å². The molecular formula is C21H21ClN4O2S. The fourth-order valence-electron chi connectivity index (χ4n) is 3.37. The summed E-state index contributed by atoms with van der Waals surface area (Å²) in [6, 6.07) is 11.3. The standard InChI is InChI=1S/C21H21ClN4O2S/c1-14-5-6-16(22)17(10-14)28-20-11-19(23-13-24-20)25-7-8-26(15(2)12-25)21(27)18-4-3-9-29-18/h3-6,9-11,13,15H,7-8,12H2,1-2H3/t15-/m1/s1. The lowest BCUT2D eigenvalue weighted by molar-refractivity contribution is 0.0678. The van der Waals surface area contributed by atoms with Gasteiger partial charge in [0.1, 0.15) is 17.9 Å². The van der Waals surface area contributed by atoms with E-state index >= 15 is 0 Å². The summed E-state index contributed by atoms with van der Waals surface area (Å²) >= 11 is 7.70. The van der Waals surface area contributed by atoms with Crippen molar-refractivity contribution in [3.63, 3.8) is 0 Å². The first-order valence-electron chi connectivity index (χ1n) is 9.37. The molecule has 0 N–H and O–H groups in total. The molecule has 0 unspecified atom stereocenters. The number of ether oxygens (including phenoxy) is 1. The molecule has 0 bridgehead atoms. The number of hydrogen-bond donors (Lipinski definition) is 0. The molecule has 1 aliphatic heterocycles. The minimum atomic E-state index is 0.0731. The highest BCUT2D eigenvalue weighted by atomic mass is 35.5. The van der Waals surface area contributed by atoms with Gasteiger partial charge < -0.3 is 14.5 Å². The number of nitrogens with zero attached hydrogens (tertiary/aromatic N) is 4. The smallest absolute Gasteiger partial charge is 0.264 e. The fraction of sp³-hybridized carbons (Fsp3) is 0.286. The van der Waals surface area contributed by atoms with Gasteiger partial charge in [-0.1, -0.05) is 23.7 Å². The van der Waals surface area contributed by atoms with Crippen molar-refractivity contribution < 1.29 is 9.53 Å². The molecule has 0 spiro atoms. The van der Waals surface area contributed by atoms with Crippen LogP contribution in [0.1, 0.15) is 22.2 Å². The van der Waals surface area contributed by atoms with Crippen LogP contribution < -0.4 is 9.64 Å². The van der Waals surface area contributed by atoms with Gasteiger partial charge in [-0.15, -0.1) is 11.3 Å². The third kappa shape index (κ3) is 4.36. The van der Waals surface area contributed by atoms with Gasteiger partial charge in [-0.2, -0.15) is 0 Å². The van der Waals surface area contributed by atoms with E-state index in [2.05, 4.69) is 21.8 Å². The van der Waals surface area contributed by atoms with E-state index in [0.717, 1.165) is 16.3 Å². The number of anilines is 1. The third-order valence-corrected chi connectivity index (χ3v) is 6.04. The Morgan fingerprint density at radius 1 is 1.24 bits per heavy atom. The Bertz CT molecular complexity index is 1010. The summed E-state index contributed by atoms with van der Waals surface area (Å²) in [6.07, 6.45) is 1.49. The minimum absolute atomic E-state index is 0.0731. The van der Waals surface area contributed by atoms with Gasteiger partial charge in [0.25, 0.3) is 5.91 Å². The Morgan fingerprint density at radius 3 is 2.86 bits per heavy atom. The van der Waals surface area contributed by atoms with E-state index < -0.39 is 0 Å². The minimum Gasteiger partial charge on any atom is -0.437 e. The normalized spacial score (nSPS) is 16.7. The second kappa shape index (κ2) is 8.39. The summed E-state index contributed by atoms with van der Waals surface area (Å²) in [6.45, 7) is 6.07. The van der Waals surface area contributed by atoms with Crippen molar-refractivity contribution in [2.24, 2.45) is 0 Å². The van der Waals surface area contributed by atoms with E-state index in [9.17, 15) is 4.79 Å². The van der Waals surface area contributed by atoms with Gasteiger partial charge in [0.15, 0.2) is 0 Å². The fourth-order valence-corrected chi connectivity index (χ4v) is 4.20. The molecule has 3 aromatic rings. The van der Waals surface area contributed by atoms with Crippen LogP contribution in [-0.4, -0.2) is 46.5 Å². The lowest BCUT2D eigenvalue weighted by atomic mass is 10.2. The predicted molar refractivity (Wildman–Crippen MR) is 115 cm³/mol. The van der Waals surface area contributed by atoms with Crippen LogP contribution in [-0.2, 0) is 0 Å². The number of rotatable bonds is 4. The molecule has 1 saturated heterocycles. The highest BCUT2D eigenvalue weighted by Gasteiger charge is 2.29. The summed E-state index contributed by atoms with van der Waals surface area (Å²) in [4.78, 5) is 26.2. The monoisotopic (exact) mass is 428 g/mol. The quantitative estimate of drug-likeness (QED) is 0.605. The van der Waals surface area contributed by atoms with Crippen molar-refractivity contribution in [3.8, 4) is 11.6 Å². The van der Waals surface area contributed by atoms with Crippen molar-refractivity contribution in [2.45, 2.75) is 19.9 Å². The van der Waals surface area contributed by atoms with E-state index in [1.54, 1.807) is 6.07 Å². The molecule has 8 heteroatoms. The van der Waals surface area contributed by atoms with Gasteiger partial charge in [-0.3, -0.25) is 4.79 Å².